The Hall–Kier alpha value is -7.34. The van der Waals surface area contributed by atoms with Gasteiger partial charge in [-0.2, -0.15) is 0 Å². The van der Waals surface area contributed by atoms with Gasteiger partial charge in [0.2, 0.25) is 0 Å². The van der Waals surface area contributed by atoms with Crippen LogP contribution in [0.4, 0.5) is 0 Å². The number of phenols is 7. The van der Waals surface area contributed by atoms with E-state index in [1.807, 2.05) is 0 Å². The highest BCUT2D eigenvalue weighted by Gasteiger charge is 2.52. The summed E-state index contributed by atoms with van der Waals surface area (Å²) in [6.45, 7) is -2.52. The number of benzene rings is 6. The van der Waals surface area contributed by atoms with E-state index in [2.05, 4.69) is 0 Å². The molecule has 0 unspecified atom stereocenters. The van der Waals surface area contributed by atoms with E-state index in [1.54, 1.807) is 24.3 Å². The van der Waals surface area contributed by atoms with Crippen molar-refractivity contribution in [3.05, 3.63) is 158 Å². The smallest absolute Gasteiger partial charge is 0.135 e. The van der Waals surface area contributed by atoms with E-state index in [0.29, 0.717) is 22.3 Å². The Kier molecular flexibility index (Phi) is 15.9. The van der Waals surface area contributed by atoms with Crippen molar-refractivity contribution in [3.63, 3.8) is 0 Å². The average Bonchev–Trinajstić information content (AvgIpc) is 2.07. The predicted molar refractivity (Wildman–Crippen MR) is 288 cm³/mol. The van der Waals surface area contributed by atoms with Gasteiger partial charge in [-0.1, -0.05) is 48.6 Å². The number of hydrogen-bond donors (Lipinski definition) is 19. The maximum Gasteiger partial charge on any atom is 0.135 e. The zero-order valence-corrected chi connectivity index (χ0v) is 44.0. The van der Waals surface area contributed by atoms with Crippen LogP contribution in [0, 0.1) is 0 Å². The summed E-state index contributed by atoms with van der Waals surface area (Å²) in [5, 5.41) is 209. The van der Waals surface area contributed by atoms with Gasteiger partial charge in [-0.3, -0.25) is 0 Å². The summed E-state index contributed by atoms with van der Waals surface area (Å²) in [5.74, 6) is -5.25. The summed E-state index contributed by atoms with van der Waals surface area (Å²) in [5.41, 5.74) is 1.17. The fourth-order valence-corrected chi connectivity index (χ4v) is 12.4. The molecule has 5 aliphatic rings. The molecule has 5 aliphatic heterocycles. The molecule has 6 aromatic rings. The molecule has 0 amide bonds. The van der Waals surface area contributed by atoms with Gasteiger partial charge < -0.3 is 121 Å². The zero-order valence-electron chi connectivity index (χ0n) is 44.0. The van der Waals surface area contributed by atoms with E-state index in [4.69, 9.17) is 23.7 Å². The van der Waals surface area contributed by atoms with Crippen molar-refractivity contribution in [2.24, 2.45) is 0 Å². The average molecular weight is 1170 g/mol. The molecular weight excluding hydrogens is 1100 g/mol. The van der Waals surface area contributed by atoms with E-state index in [9.17, 15) is 97.0 Å². The first kappa shape index (κ1) is 58.4. The molecule has 5 heterocycles. The molecule has 3 fully saturated rings. The quantitative estimate of drug-likeness (QED) is 0.0756. The fraction of sp³-hybridized carbons (Fsp3) is 0.367. The van der Waals surface area contributed by atoms with Crippen molar-refractivity contribution < 1.29 is 121 Å². The number of rotatable bonds is 12. The monoisotopic (exact) mass is 1170 g/mol. The van der Waals surface area contributed by atoms with Crippen LogP contribution in [0.25, 0.3) is 12.2 Å². The standard InChI is InChI=1S/C60H62O24/c61-19-36-45(71)48(74)51(77)58(80-36)42-22(7-12-32-39(26-13-30(66)18-31(67)14-26)54(83-56(32)42)23-3-8-28(64)9-4-23)1-2-25-15-35(70)44(60-53(79)50(76)47(73)38(21-63)82-60)57-40(25)41(55(84-57)24-5-10-29(65)11-6-24)27-16-33(68)43(34(69)17-27)59-52(78)49(75)46(72)37(20-62)81-59/h1-18,36-39,41,45-55,58-79H,19-21H2/b2-1+/t36-,37-,38-,39-,41+,45-,46-,47-,48+,49+,50+,51-,52-,53-,54+,55-,58+,59+,60+/m1/s1. The highest BCUT2D eigenvalue weighted by molar-refractivity contribution is 5.79. The molecular formula is C60H62O24. The lowest BCUT2D eigenvalue weighted by Gasteiger charge is -2.41. The summed E-state index contributed by atoms with van der Waals surface area (Å²) in [6, 6.07) is 22.4. The van der Waals surface area contributed by atoms with E-state index < -0.39 is 158 Å². The van der Waals surface area contributed by atoms with Gasteiger partial charge in [0.15, 0.2) is 0 Å². The topological polar surface area (TPSA) is 431 Å². The van der Waals surface area contributed by atoms with Crippen molar-refractivity contribution in [1.82, 2.24) is 0 Å². The number of ether oxygens (including phenoxy) is 5. The molecule has 3 saturated heterocycles. The Balaban J connectivity index is 1.14. The van der Waals surface area contributed by atoms with Crippen LogP contribution >= 0.6 is 0 Å². The first-order valence-electron chi connectivity index (χ1n) is 26.8. The van der Waals surface area contributed by atoms with Crippen LogP contribution in [0.5, 0.6) is 51.7 Å². The molecule has 0 spiro atoms. The van der Waals surface area contributed by atoms with E-state index in [-0.39, 0.29) is 67.9 Å². The number of aliphatic hydroxyl groups is 12. The Morgan fingerprint density at radius 2 is 0.726 bits per heavy atom. The van der Waals surface area contributed by atoms with Gasteiger partial charge in [-0.15, -0.1) is 0 Å². The molecule has 446 valence electrons. The molecule has 19 N–H and O–H groups in total. The molecule has 24 nitrogen and oxygen atoms in total. The molecule has 0 bridgehead atoms. The van der Waals surface area contributed by atoms with Crippen LogP contribution in [0.2, 0.25) is 0 Å². The molecule has 0 radical (unpaired) electrons. The number of fused-ring (bicyclic) bond motifs is 2. The van der Waals surface area contributed by atoms with Gasteiger partial charge in [0, 0.05) is 22.8 Å². The second kappa shape index (κ2) is 22.9. The zero-order chi connectivity index (χ0) is 59.9. The second-order valence-corrected chi connectivity index (χ2v) is 21.7. The molecule has 0 saturated carbocycles. The SMILES string of the molecule is OC[C@H]1O[C@@H](c2c(O)cc([C@H]3c4c(/C=C/c5ccc6c(c5[C@@H]5O[C@H](CO)[C@@H](O)[C@H](O)[C@H]5O)O[C@@H](c5ccc(O)cc5)[C@@H]6c5cc(O)cc(O)c5)cc(O)c([C@@H]5O[C@H](CO)[C@@H](O)[C@H](O)[C@H]5O)c4O[C@@H]3c3ccc(O)cc3)cc2O)[C@H](O)[C@@H](O)[C@@H]1O. The predicted octanol–water partition coefficient (Wildman–Crippen LogP) is 0.872. The van der Waals surface area contributed by atoms with Gasteiger partial charge in [0.1, 0.15) is 156 Å². The van der Waals surface area contributed by atoms with Crippen molar-refractivity contribution in [1.29, 1.82) is 0 Å². The molecule has 84 heavy (non-hydrogen) atoms. The largest absolute Gasteiger partial charge is 0.508 e. The van der Waals surface area contributed by atoms with Crippen molar-refractivity contribution >= 4 is 12.2 Å². The summed E-state index contributed by atoms with van der Waals surface area (Å²) in [7, 11) is 0. The molecule has 19 atom stereocenters. The number of hydrogen-bond acceptors (Lipinski definition) is 24. The van der Waals surface area contributed by atoms with Crippen molar-refractivity contribution in [2.45, 2.75) is 116 Å². The summed E-state index contributed by atoms with van der Waals surface area (Å²) in [6.07, 6.45) is -25.9. The minimum Gasteiger partial charge on any atom is -0.508 e. The number of aliphatic hydroxyl groups excluding tert-OH is 12. The normalized spacial score (nSPS) is 32.9. The fourth-order valence-electron chi connectivity index (χ4n) is 12.4. The molecule has 0 aromatic heterocycles. The van der Waals surface area contributed by atoms with Crippen LogP contribution in [0.15, 0.2) is 97.1 Å². The highest BCUT2D eigenvalue weighted by Crippen LogP contribution is 2.60. The van der Waals surface area contributed by atoms with Crippen molar-refractivity contribution in [2.75, 3.05) is 19.8 Å². The van der Waals surface area contributed by atoms with Gasteiger partial charge in [0.05, 0.1) is 42.8 Å². The Bertz CT molecular complexity index is 3380. The minimum atomic E-state index is -1.99. The molecule has 24 heteroatoms. The second-order valence-electron chi connectivity index (χ2n) is 21.7. The van der Waals surface area contributed by atoms with Crippen LogP contribution in [-0.4, -0.2) is 190 Å². The third kappa shape index (κ3) is 10.1. The maximum atomic E-state index is 12.3. The number of phenolic OH excluding ortho intramolecular Hbond substituents is 7. The summed E-state index contributed by atoms with van der Waals surface area (Å²) in [4.78, 5) is 0. The molecule has 6 aromatic carbocycles. The first-order valence-corrected chi connectivity index (χ1v) is 26.8. The van der Waals surface area contributed by atoms with Crippen molar-refractivity contribution in [3.8, 4) is 51.7 Å². The Morgan fingerprint density at radius 3 is 1.20 bits per heavy atom. The lowest BCUT2D eigenvalue weighted by molar-refractivity contribution is -0.232. The van der Waals surface area contributed by atoms with E-state index >= 15 is 0 Å². The van der Waals surface area contributed by atoms with Crippen LogP contribution < -0.4 is 9.47 Å². The lowest BCUT2D eigenvalue weighted by atomic mass is 9.79. The first-order chi connectivity index (χ1) is 40.1. The molecule has 11 rings (SSSR count). The third-order valence-corrected chi connectivity index (χ3v) is 16.6. The lowest BCUT2D eigenvalue weighted by Crippen LogP contribution is -2.55. The van der Waals surface area contributed by atoms with E-state index in [1.165, 1.54) is 78.9 Å². The maximum absolute atomic E-state index is 12.3. The highest BCUT2D eigenvalue weighted by atomic mass is 16.6. The van der Waals surface area contributed by atoms with Crippen LogP contribution in [0.3, 0.4) is 0 Å². The summed E-state index contributed by atoms with van der Waals surface area (Å²) >= 11 is 0. The van der Waals surface area contributed by atoms with Gasteiger partial charge in [0.25, 0.3) is 0 Å². The van der Waals surface area contributed by atoms with Crippen LogP contribution in [0.1, 0.15) is 104 Å². The number of aromatic hydroxyl groups is 7. The Labute approximate surface area is 476 Å². The van der Waals surface area contributed by atoms with Crippen LogP contribution in [-0.2, 0) is 14.2 Å². The van der Waals surface area contributed by atoms with Gasteiger partial charge in [-0.05, 0) is 88.0 Å². The van der Waals surface area contributed by atoms with Gasteiger partial charge in [-0.25, -0.2) is 0 Å². The minimum absolute atomic E-state index is 0.0310. The Morgan fingerprint density at radius 1 is 0.321 bits per heavy atom. The molecule has 0 aliphatic carbocycles. The third-order valence-electron chi connectivity index (χ3n) is 16.6. The van der Waals surface area contributed by atoms with Gasteiger partial charge >= 0.3 is 0 Å². The van der Waals surface area contributed by atoms with E-state index in [0.717, 1.165) is 6.07 Å². The summed E-state index contributed by atoms with van der Waals surface area (Å²) < 4.78 is 31.6.